The average molecular weight is 267 g/mol. The van der Waals surface area contributed by atoms with E-state index in [1.165, 1.54) is 0 Å². The van der Waals surface area contributed by atoms with E-state index >= 15 is 0 Å². The van der Waals surface area contributed by atoms with E-state index in [9.17, 15) is 9.59 Å². The number of hydrogen-bond acceptors (Lipinski definition) is 6. The van der Waals surface area contributed by atoms with Crippen LogP contribution in [0.15, 0.2) is 0 Å². The lowest BCUT2D eigenvalue weighted by Crippen LogP contribution is -2.40. The van der Waals surface area contributed by atoms with Crippen molar-refractivity contribution in [2.45, 2.75) is 19.8 Å². The van der Waals surface area contributed by atoms with E-state index in [-0.39, 0.29) is 18.7 Å². The van der Waals surface area contributed by atoms with Crippen molar-refractivity contribution < 1.29 is 19.1 Å². The lowest BCUT2D eigenvalue weighted by Gasteiger charge is -2.25. The number of nitriles is 2. The van der Waals surface area contributed by atoms with Gasteiger partial charge in [-0.1, -0.05) is 0 Å². The van der Waals surface area contributed by atoms with Crippen LogP contribution in [0.5, 0.6) is 0 Å². The number of ether oxygens (including phenoxy) is 2. The number of rotatable bonds is 3. The molecule has 7 nitrogen and oxygen atoms in total. The summed E-state index contributed by atoms with van der Waals surface area (Å²) in [4.78, 5) is 22.9. The standard InChI is InChI=1S/C7H10N2O2.C5H7NO2/c8-2-1-7(10)9-3-5-11-6-4-9;1-2-8-5(7)3-4-6/h1,3-6H2;2-3H2,1H3. The molecule has 1 saturated heterocycles. The molecule has 1 fully saturated rings. The summed E-state index contributed by atoms with van der Waals surface area (Å²) in [6.07, 6.45) is -0.159. The predicted molar refractivity (Wildman–Crippen MR) is 64.5 cm³/mol. The van der Waals surface area contributed by atoms with Gasteiger partial charge in [-0.3, -0.25) is 9.59 Å². The molecule has 0 bridgehead atoms. The van der Waals surface area contributed by atoms with Crippen LogP contribution in [-0.2, 0) is 19.1 Å². The third kappa shape index (κ3) is 8.58. The molecule has 19 heavy (non-hydrogen) atoms. The summed E-state index contributed by atoms with van der Waals surface area (Å²) in [5.74, 6) is -0.536. The summed E-state index contributed by atoms with van der Waals surface area (Å²) < 4.78 is 9.47. The highest BCUT2D eigenvalue weighted by molar-refractivity contribution is 5.78. The summed E-state index contributed by atoms with van der Waals surface area (Å²) in [7, 11) is 0. The zero-order chi connectivity index (χ0) is 14.5. The molecule has 7 heteroatoms. The first kappa shape index (κ1) is 16.9. The number of carbonyl (C=O) groups is 2. The van der Waals surface area contributed by atoms with Crippen LogP contribution in [0.2, 0.25) is 0 Å². The molecule has 1 aliphatic rings. The molecule has 0 aliphatic carbocycles. The van der Waals surface area contributed by atoms with E-state index in [4.69, 9.17) is 15.3 Å². The Bertz CT molecular complexity index is 364. The molecule has 0 saturated carbocycles. The second-order valence-corrected chi connectivity index (χ2v) is 3.47. The van der Waals surface area contributed by atoms with Crippen molar-refractivity contribution in [2.75, 3.05) is 32.9 Å². The zero-order valence-corrected chi connectivity index (χ0v) is 10.9. The lowest BCUT2D eigenvalue weighted by molar-refractivity contribution is -0.141. The molecular formula is C12H17N3O4. The number of hydrogen-bond donors (Lipinski definition) is 0. The molecule has 0 radical (unpaired) electrons. The van der Waals surface area contributed by atoms with Crippen molar-refractivity contribution in [3.05, 3.63) is 0 Å². The van der Waals surface area contributed by atoms with E-state index in [0.29, 0.717) is 32.9 Å². The van der Waals surface area contributed by atoms with E-state index in [0.717, 1.165) is 0 Å². The topological polar surface area (TPSA) is 103 Å². The number of carbonyl (C=O) groups excluding carboxylic acids is 2. The minimum Gasteiger partial charge on any atom is -0.465 e. The smallest absolute Gasteiger partial charge is 0.320 e. The molecule has 0 N–H and O–H groups in total. The number of nitrogens with zero attached hydrogens (tertiary/aromatic N) is 3. The van der Waals surface area contributed by atoms with E-state index in [2.05, 4.69) is 4.74 Å². The van der Waals surface area contributed by atoms with Crippen LogP contribution in [0.3, 0.4) is 0 Å². The maximum atomic E-state index is 11.0. The highest BCUT2D eigenvalue weighted by atomic mass is 16.5. The third-order valence-electron chi connectivity index (χ3n) is 2.12. The van der Waals surface area contributed by atoms with Crippen molar-refractivity contribution in [3.63, 3.8) is 0 Å². The maximum absolute atomic E-state index is 11.0. The van der Waals surface area contributed by atoms with Crippen molar-refractivity contribution in [1.29, 1.82) is 10.5 Å². The largest absolute Gasteiger partial charge is 0.465 e. The first-order valence-electron chi connectivity index (χ1n) is 5.90. The molecule has 0 aromatic carbocycles. The SMILES string of the molecule is CCOC(=O)CC#N.N#CCC(=O)N1CCOCC1. The predicted octanol–water partition coefficient (Wildman–Crippen LogP) is 0.222. The molecule has 1 amide bonds. The fraction of sp³-hybridized carbons (Fsp3) is 0.667. The normalized spacial score (nSPS) is 13.3. The van der Waals surface area contributed by atoms with Gasteiger partial charge < -0.3 is 14.4 Å². The number of morpholine rings is 1. The second-order valence-electron chi connectivity index (χ2n) is 3.47. The molecule has 104 valence electrons. The minimum absolute atomic E-state index is 0.0139. The van der Waals surface area contributed by atoms with E-state index < -0.39 is 5.97 Å². The van der Waals surface area contributed by atoms with Gasteiger partial charge in [0.05, 0.1) is 32.0 Å². The molecule has 1 rings (SSSR count). The summed E-state index contributed by atoms with van der Waals surface area (Å²) in [5.41, 5.74) is 0. The molecule has 0 aromatic rings. The molecule has 0 aromatic heterocycles. The average Bonchev–Trinajstić information content (AvgIpc) is 2.41. The Labute approximate surface area is 112 Å². The highest BCUT2D eigenvalue weighted by Gasteiger charge is 2.15. The van der Waals surface area contributed by atoms with Gasteiger partial charge in [-0.25, -0.2) is 0 Å². The van der Waals surface area contributed by atoms with E-state index in [1.54, 1.807) is 17.9 Å². The molecule has 0 atom stereocenters. The first-order valence-corrected chi connectivity index (χ1v) is 5.90. The Morgan fingerprint density at radius 3 is 2.26 bits per heavy atom. The van der Waals surface area contributed by atoms with Gasteiger partial charge in [-0.2, -0.15) is 10.5 Å². The fourth-order valence-electron chi connectivity index (χ4n) is 1.27. The molecular weight excluding hydrogens is 250 g/mol. The second kappa shape index (κ2) is 11.0. The minimum atomic E-state index is -0.449. The Kier molecular flexibility index (Phi) is 9.77. The fourth-order valence-corrected chi connectivity index (χ4v) is 1.27. The van der Waals surface area contributed by atoms with Crippen molar-refractivity contribution in [3.8, 4) is 12.1 Å². The van der Waals surface area contributed by atoms with E-state index in [1.807, 2.05) is 6.07 Å². The molecule has 0 unspecified atom stereocenters. The summed E-state index contributed by atoms with van der Waals surface area (Å²) >= 11 is 0. The van der Waals surface area contributed by atoms with Gasteiger partial charge in [0.15, 0.2) is 0 Å². The third-order valence-corrected chi connectivity index (χ3v) is 2.12. The zero-order valence-electron chi connectivity index (χ0n) is 10.9. The monoisotopic (exact) mass is 267 g/mol. The van der Waals surface area contributed by atoms with Crippen LogP contribution in [-0.4, -0.2) is 49.7 Å². The van der Waals surface area contributed by atoms with Crippen LogP contribution in [0.25, 0.3) is 0 Å². The maximum Gasteiger partial charge on any atom is 0.320 e. The van der Waals surface area contributed by atoms with Crippen LogP contribution in [0, 0.1) is 22.7 Å². The Morgan fingerprint density at radius 2 is 1.79 bits per heavy atom. The van der Waals surface area contributed by atoms with Gasteiger partial charge in [0.25, 0.3) is 0 Å². The summed E-state index contributed by atoms with van der Waals surface area (Å²) in [6.45, 7) is 4.49. The van der Waals surface area contributed by atoms with Gasteiger partial charge in [-0.15, -0.1) is 0 Å². The molecule has 0 spiro atoms. The number of esters is 1. The quantitative estimate of drug-likeness (QED) is 0.678. The Hall–Kier alpha value is -2.12. The lowest BCUT2D eigenvalue weighted by atomic mass is 10.3. The van der Waals surface area contributed by atoms with Crippen LogP contribution >= 0.6 is 0 Å². The Morgan fingerprint density at radius 1 is 1.21 bits per heavy atom. The first-order chi connectivity index (χ1) is 9.15. The molecule has 1 aliphatic heterocycles. The van der Waals surface area contributed by atoms with Gasteiger partial charge in [0.1, 0.15) is 12.8 Å². The molecule has 1 heterocycles. The number of amides is 1. The van der Waals surface area contributed by atoms with Gasteiger partial charge in [0.2, 0.25) is 5.91 Å². The van der Waals surface area contributed by atoms with Crippen LogP contribution in [0.4, 0.5) is 0 Å². The van der Waals surface area contributed by atoms with Crippen LogP contribution in [0.1, 0.15) is 19.8 Å². The van der Waals surface area contributed by atoms with Gasteiger partial charge in [-0.05, 0) is 6.92 Å². The van der Waals surface area contributed by atoms with Crippen molar-refractivity contribution >= 4 is 11.9 Å². The van der Waals surface area contributed by atoms with Gasteiger partial charge in [0, 0.05) is 13.1 Å². The highest BCUT2D eigenvalue weighted by Crippen LogP contribution is 1.98. The van der Waals surface area contributed by atoms with Crippen molar-refractivity contribution in [1.82, 2.24) is 4.90 Å². The summed E-state index contributed by atoms with van der Waals surface area (Å²) in [6, 6.07) is 3.51. The Balaban J connectivity index is 0.000000362. The van der Waals surface area contributed by atoms with Crippen molar-refractivity contribution in [2.24, 2.45) is 0 Å². The summed E-state index contributed by atoms with van der Waals surface area (Å²) in [5, 5.41) is 16.2. The van der Waals surface area contributed by atoms with Gasteiger partial charge >= 0.3 is 5.97 Å². The van der Waals surface area contributed by atoms with Crippen LogP contribution < -0.4 is 0 Å².